The standard InChI is InChI=1S/C15H21N3O2/c1-18(11-6-7-11)9-8-16-15(19)14-10-17-12-4-2-3-5-13(12)20-14/h2-5,11,14,17H,6-10H2,1H3,(H,16,19). The lowest BCUT2D eigenvalue weighted by atomic mass is 10.2. The molecule has 1 aromatic rings. The van der Waals surface area contributed by atoms with E-state index >= 15 is 0 Å². The van der Waals surface area contributed by atoms with Gasteiger partial charge in [0.05, 0.1) is 12.2 Å². The van der Waals surface area contributed by atoms with Crippen LogP contribution in [-0.2, 0) is 4.79 Å². The second kappa shape index (κ2) is 5.71. The summed E-state index contributed by atoms with van der Waals surface area (Å²) in [6.07, 6.45) is 2.13. The highest BCUT2D eigenvalue weighted by Gasteiger charge is 2.27. The van der Waals surface area contributed by atoms with E-state index in [1.807, 2.05) is 24.3 Å². The number of ether oxygens (including phenoxy) is 1. The number of anilines is 1. The number of para-hydroxylation sites is 2. The van der Waals surface area contributed by atoms with E-state index in [4.69, 9.17) is 4.74 Å². The SMILES string of the molecule is CN(CCNC(=O)C1CNc2ccccc2O1)C1CC1. The maximum absolute atomic E-state index is 12.1. The van der Waals surface area contributed by atoms with Crippen molar-refractivity contribution < 1.29 is 9.53 Å². The topological polar surface area (TPSA) is 53.6 Å². The van der Waals surface area contributed by atoms with Crippen molar-refractivity contribution in [3.63, 3.8) is 0 Å². The molecule has 0 aromatic heterocycles. The molecule has 1 amide bonds. The molecule has 108 valence electrons. The Bertz CT molecular complexity index is 488. The van der Waals surface area contributed by atoms with Crippen LogP contribution in [-0.4, -0.2) is 49.6 Å². The number of rotatable bonds is 5. The number of nitrogens with one attached hydrogen (secondary N) is 2. The Kier molecular flexibility index (Phi) is 3.78. The number of nitrogens with zero attached hydrogens (tertiary/aromatic N) is 1. The third kappa shape index (κ3) is 3.04. The molecule has 2 N–H and O–H groups in total. The lowest BCUT2D eigenvalue weighted by Crippen LogP contribution is -2.46. The largest absolute Gasteiger partial charge is 0.477 e. The summed E-state index contributed by atoms with van der Waals surface area (Å²) >= 11 is 0. The number of benzene rings is 1. The molecule has 0 spiro atoms. The zero-order valence-corrected chi connectivity index (χ0v) is 11.8. The first kappa shape index (κ1) is 13.2. The summed E-state index contributed by atoms with van der Waals surface area (Å²) in [7, 11) is 2.11. The maximum atomic E-state index is 12.1. The van der Waals surface area contributed by atoms with Gasteiger partial charge in [-0.05, 0) is 32.0 Å². The zero-order chi connectivity index (χ0) is 13.9. The van der Waals surface area contributed by atoms with E-state index < -0.39 is 6.10 Å². The summed E-state index contributed by atoms with van der Waals surface area (Å²) in [5, 5.41) is 6.18. The van der Waals surface area contributed by atoms with E-state index in [9.17, 15) is 4.79 Å². The van der Waals surface area contributed by atoms with Gasteiger partial charge in [-0.2, -0.15) is 0 Å². The van der Waals surface area contributed by atoms with Crippen LogP contribution in [0.2, 0.25) is 0 Å². The number of hydrogen-bond donors (Lipinski definition) is 2. The first-order valence-corrected chi connectivity index (χ1v) is 7.21. The Labute approximate surface area is 119 Å². The highest BCUT2D eigenvalue weighted by Crippen LogP contribution is 2.28. The second-order valence-electron chi connectivity index (χ2n) is 5.49. The molecule has 20 heavy (non-hydrogen) atoms. The van der Waals surface area contributed by atoms with Gasteiger partial charge in [0.1, 0.15) is 5.75 Å². The molecule has 1 aliphatic heterocycles. The highest BCUT2D eigenvalue weighted by atomic mass is 16.5. The number of amides is 1. The van der Waals surface area contributed by atoms with Gasteiger partial charge in [0, 0.05) is 19.1 Å². The molecule has 3 rings (SSSR count). The molecule has 1 aromatic carbocycles. The van der Waals surface area contributed by atoms with Crippen molar-refractivity contribution in [2.75, 3.05) is 32.0 Å². The predicted octanol–water partition coefficient (Wildman–Crippen LogP) is 1.07. The van der Waals surface area contributed by atoms with Crippen molar-refractivity contribution in [3.05, 3.63) is 24.3 Å². The molecule has 5 heteroatoms. The Morgan fingerprint density at radius 3 is 3.05 bits per heavy atom. The molecule has 0 radical (unpaired) electrons. The summed E-state index contributed by atoms with van der Waals surface area (Å²) in [4.78, 5) is 14.4. The number of carbonyl (C=O) groups excluding carboxylic acids is 1. The van der Waals surface area contributed by atoms with Crippen LogP contribution in [0, 0.1) is 0 Å². The van der Waals surface area contributed by atoms with Crippen molar-refractivity contribution in [3.8, 4) is 5.75 Å². The molecule has 5 nitrogen and oxygen atoms in total. The van der Waals surface area contributed by atoms with Gasteiger partial charge >= 0.3 is 0 Å². The van der Waals surface area contributed by atoms with Crippen molar-refractivity contribution in [2.24, 2.45) is 0 Å². The second-order valence-corrected chi connectivity index (χ2v) is 5.49. The van der Waals surface area contributed by atoms with Crippen LogP contribution in [0.1, 0.15) is 12.8 Å². The third-order valence-electron chi connectivity index (χ3n) is 3.86. The molecule has 0 saturated heterocycles. The van der Waals surface area contributed by atoms with Crippen molar-refractivity contribution in [2.45, 2.75) is 25.0 Å². The van der Waals surface area contributed by atoms with Gasteiger partial charge in [-0.1, -0.05) is 12.1 Å². The number of likely N-dealkylation sites (N-methyl/N-ethyl adjacent to an activating group) is 1. The number of fused-ring (bicyclic) bond motifs is 1. The predicted molar refractivity (Wildman–Crippen MR) is 78.0 cm³/mol. The van der Waals surface area contributed by atoms with Crippen LogP contribution in [0.15, 0.2) is 24.3 Å². The first-order valence-electron chi connectivity index (χ1n) is 7.21. The average Bonchev–Trinajstić information content (AvgIpc) is 3.31. The summed E-state index contributed by atoms with van der Waals surface area (Å²) in [6.45, 7) is 2.09. The van der Waals surface area contributed by atoms with E-state index in [0.29, 0.717) is 13.1 Å². The Hall–Kier alpha value is -1.75. The zero-order valence-electron chi connectivity index (χ0n) is 11.8. The molecule has 1 heterocycles. The molecule has 1 unspecified atom stereocenters. The normalized spacial score (nSPS) is 20.8. The van der Waals surface area contributed by atoms with E-state index in [2.05, 4.69) is 22.6 Å². The van der Waals surface area contributed by atoms with Crippen LogP contribution in [0.5, 0.6) is 5.75 Å². The smallest absolute Gasteiger partial charge is 0.262 e. The van der Waals surface area contributed by atoms with Crippen LogP contribution >= 0.6 is 0 Å². The summed E-state index contributed by atoms with van der Waals surface area (Å²) < 4.78 is 5.72. The molecule has 1 atom stereocenters. The molecule has 2 aliphatic rings. The van der Waals surface area contributed by atoms with Crippen LogP contribution in [0.3, 0.4) is 0 Å². The van der Waals surface area contributed by atoms with Crippen LogP contribution in [0.25, 0.3) is 0 Å². The molecule has 1 aliphatic carbocycles. The minimum atomic E-state index is -0.448. The monoisotopic (exact) mass is 275 g/mol. The fraction of sp³-hybridized carbons (Fsp3) is 0.533. The lowest BCUT2D eigenvalue weighted by molar-refractivity contribution is -0.127. The van der Waals surface area contributed by atoms with Crippen LogP contribution in [0.4, 0.5) is 5.69 Å². The van der Waals surface area contributed by atoms with E-state index in [1.165, 1.54) is 12.8 Å². The van der Waals surface area contributed by atoms with E-state index in [0.717, 1.165) is 24.0 Å². The third-order valence-corrected chi connectivity index (χ3v) is 3.86. The van der Waals surface area contributed by atoms with Gasteiger partial charge in [0.2, 0.25) is 0 Å². The fourth-order valence-electron chi connectivity index (χ4n) is 2.43. The van der Waals surface area contributed by atoms with Gasteiger partial charge in [0.15, 0.2) is 6.10 Å². The van der Waals surface area contributed by atoms with Gasteiger partial charge in [0.25, 0.3) is 5.91 Å². The van der Waals surface area contributed by atoms with Crippen molar-refractivity contribution in [1.82, 2.24) is 10.2 Å². The van der Waals surface area contributed by atoms with E-state index in [-0.39, 0.29) is 5.91 Å². The van der Waals surface area contributed by atoms with E-state index in [1.54, 1.807) is 0 Å². The minimum Gasteiger partial charge on any atom is -0.477 e. The molecule has 1 saturated carbocycles. The quantitative estimate of drug-likeness (QED) is 0.844. The first-order chi connectivity index (χ1) is 9.74. The molecule has 0 bridgehead atoms. The van der Waals surface area contributed by atoms with Gasteiger partial charge in [-0.15, -0.1) is 0 Å². The molecular weight excluding hydrogens is 254 g/mol. The maximum Gasteiger partial charge on any atom is 0.262 e. The number of hydrogen-bond acceptors (Lipinski definition) is 4. The fourth-order valence-corrected chi connectivity index (χ4v) is 2.43. The Morgan fingerprint density at radius 2 is 2.25 bits per heavy atom. The van der Waals surface area contributed by atoms with Crippen LogP contribution < -0.4 is 15.4 Å². The molecule has 1 fully saturated rings. The summed E-state index contributed by atoms with van der Waals surface area (Å²) in [5.41, 5.74) is 0.949. The highest BCUT2D eigenvalue weighted by molar-refractivity contribution is 5.83. The van der Waals surface area contributed by atoms with Gasteiger partial charge in [-0.25, -0.2) is 0 Å². The van der Waals surface area contributed by atoms with Gasteiger partial charge < -0.3 is 20.3 Å². The summed E-state index contributed by atoms with van der Waals surface area (Å²) in [5.74, 6) is 0.699. The number of carbonyl (C=O) groups is 1. The molecular formula is C15H21N3O2. The lowest BCUT2D eigenvalue weighted by Gasteiger charge is -2.26. The Morgan fingerprint density at radius 1 is 1.45 bits per heavy atom. The average molecular weight is 275 g/mol. The Balaban J connectivity index is 1.46. The van der Waals surface area contributed by atoms with Crippen molar-refractivity contribution >= 4 is 11.6 Å². The summed E-state index contributed by atoms with van der Waals surface area (Å²) in [6, 6.07) is 8.41. The minimum absolute atomic E-state index is 0.0452. The van der Waals surface area contributed by atoms with Gasteiger partial charge in [-0.3, -0.25) is 4.79 Å². The van der Waals surface area contributed by atoms with Crippen molar-refractivity contribution in [1.29, 1.82) is 0 Å².